The zero-order chi connectivity index (χ0) is 21.0. The van der Waals surface area contributed by atoms with Gasteiger partial charge in [-0.05, 0) is 36.4 Å². The first kappa shape index (κ1) is 20.6. The number of ether oxygens (including phenoxy) is 1. The van der Waals surface area contributed by atoms with Crippen LogP contribution in [0.2, 0.25) is 0 Å². The lowest BCUT2D eigenvalue weighted by Crippen LogP contribution is -2.33. The van der Waals surface area contributed by atoms with Crippen LogP contribution in [0, 0.1) is 17.2 Å². The van der Waals surface area contributed by atoms with Crippen LogP contribution in [-0.4, -0.2) is 30.4 Å². The second kappa shape index (κ2) is 8.88. The Morgan fingerprint density at radius 3 is 2.86 bits per heavy atom. The summed E-state index contributed by atoms with van der Waals surface area (Å²) in [4.78, 5) is 38.9. The van der Waals surface area contributed by atoms with E-state index >= 15 is 0 Å². The number of carbonyl (C=O) groups is 3. The summed E-state index contributed by atoms with van der Waals surface area (Å²) in [7, 11) is 0. The van der Waals surface area contributed by atoms with Crippen LogP contribution in [0.15, 0.2) is 35.7 Å². The number of hydrogen-bond acceptors (Lipinski definition) is 6. The second-order valence-electron chi connectivity index (χ2n) is 6.73. The van der Waals surface area contributed by atoms with Gasteiger partial charge in [0.05, 0.1) is 11.5 Å². The van der Waals surface area contributed by atoms with Crippen molar-refractivity contribution >= 4 is 39.8 Å². The zero-order valence-corrected chi connectivity index (χ0v) is 17.0. The molecule has 0 aliphatic carbocycles. The Morgan fingerprint density at radius 2 is 2.14 bits per heavy atom. The van der Waals surface area contributed by atoms with Gasteiger partial charge >= 0.3 is 5.97 Å². The van der Waals surface area contributed by atoms with E-state index in [0.29, 0.717) is 10.6 Å². The van der Waals surface area contributed by atoms with Crippen molar-refractivity contribution in [3.8, 4) is 6.07 Å². The van der Waals surface area contributed by atoms with Crippen molar-refractivity contribution in [2.45, 2.75) is 32.8 Å². The van der Waals surface area contributed by atoms with E-state index in [9.17, 15) is 14.4 Å². The number of rotatable bonds is 6. The number of nitrogens with one attached hydrogen (secondary N) is 1. The lowest BCUT2D eigenvalue weighted by molar-refractivity contribution is -0.157. The molecule has 1 aliphatic rings. The standard InChI is InChI=1S/C21H21N3O4S/c1-3-14-6-4-5-7-17(14)24-12-16(10-18(24)25)21(27)28-13(2)19(26)23-20-15(11-22)8-9-29-20/h4-9,13,16H,3,10,12H2,1-2H3,(H,23,26)/t13-,16+/m0/s1. The Labute approximate surface area is 172 Å². The third-order valence-electron chi connectivity index (χ3n) is 4.81. The molecule has 0 bridgehead atoms. The summed E-state index contributed by atoms with van der Waals surface area (Å²) in [5.74, 6) is -1.86. The number of carbonyl (C=O) groups excluding carboxylic acids is 3. The Hall–Kier alpha value is -3.18. The highest BCUT2D eigenvalue weighted by Crippen LogP contribution is 2.29. The Bertz CT molecular complexity index is 978. The third-order valence-corrected chi connectivity index (χ3v) is 5.64. The van der Waals surface area contributed by atoms with Gasteiger partial charge in [-0.1, -0.05) is 25.1 Å². The van der Waals surface area contributed by atoms with Gasteiger partial charge in [0.1, 0.15) is 11.1 Å². The van der Waals surface area contributed by atoms with Gasteiger partial charge in [0.25, 0.3) is 5.91 Å². The number of benzene rings is 1. The van der Waals surface area contributed by atoms with Crippen LogP contribution in [-0.2, 0) is 25.5 Å². The molecule has 3 rings (SSSR count). The second-order valence-corrected chi connectivity index (χ2v) is 7.65. The minimum absolute atomic E-state index is 0.0503. The predicted octanol–water partition coefficient (Wildman–Crippen LogP) is 3.11. The van der Waals surface area contributed by atoms with Gasteiger partial charge in [0.15, 0.2) is 6.10 Å². The molecule has 1 N–H and O–H groups in total. The van der Waals surface area contributed by atoms with Crippen molar-refractivity contribution < 1.29 is 19.1 Å². The van der Waals surface area contributed by atoms with Crippen molar-refractivity contribution in [3.05, 3.63) is 46.8 Å². The Balaban J connectivity index is 1.61. The van der Waals surface area contributed by atoms with Crippen molar-refractivity contribution in [3.63, 3.8) is 0 Å². The van der Waals surface area contributed by atoms with Gasteiger partial charge < -0.3 is 15.0 Å². The van der Waals surface area contributed by atoms with Crippen molar-refractivity contribution in [1.29, 1.82) is 5.26 Å². The van der Waals surface area contributed by atoms with Crippen LogP contribution in [0.1, 0.15) is 31.4 Å². The van der Waals surface area contributed by atoms with E-state index in [4.69, 9.17) is 10.00 Å². The predicted molar refractivity (Wildman–Crippen MR) is 109 cm³/mol. The fourth-order valence-electron chi connectivity index (χ4n) is 3.20. The number of hydrogen-bond donors (Lipinski definition) is 1. The number of anilines is 2. The van der Waals surface area contributed by atoms with Gasteiger partial charge in [-0.3, -0.25) is 14.4 Å². The zero-order valence-electron chi connectivity index (χ0n) is 16.2. The smallest absolute Gasteiger partial charge is 0.312 e. The van der Waals surface area contributed by atoms with E-state index in [0.717, 1.165) is 17.7 Å². The third kappa shape index (κ3) is 4.46. The summed E-state index contributed by atoms with van der Waals surface area (Å²) in [6, 6.07) is 11.2. The number of amides is 2. The van der Waals surface area contributed by atoms with E-state index in [1.165, 1.54) is 18.3 Å². The van der Waals surface area contributed by atoms with E-state index in [1.807, 2.05) is 37.3 Å². The summed E-state index contributed by atoms with van der Waals surface area (Å²) in [5.41, 5.74) is 2.20. The highest BCUT2D eigenvalue weighted by Gasteiger charge is 2.37. The van der Waals surface area contributed by atoms with E-state index in [-0.39, 0.29) is 18.9 Å². The van der Waals surface area contributed by atoms with Crippen LogP contribution in [0.5, 0.6) is 0 Å². The van der Waals surface area contributed by atoms with Gasteiger partial charge in [0.2, 0.25) is 5.91 Å². The first-order valence-corrected chi connectivity index (χ1v) is 10.2. The Kier molecular flexibility index (Phi) is 6.29. The molecule has 1 fully saturated rings. The average Bonchev–Trinajstić information content (AvgIpc) is 3.33. The summed E-state index contributed by atoms with van der Waals surface area (Å²) in [5, 5.41) is 13.7. The maximum absolute atomic E-state index is 12.5. The Morgan fingerprint density at radius 1 is 1.38 bits per heavy atom. The number of nitriles is 1. The molecule has 0 saturated carbocycles. The summed E-state index contributed by atoms with van der Waals surface area (Å²) < 4.78 is 5.30. The highest BCUT2D eigenvalue weighted by molar-refractivity contribution is 7.14. The maximum Gasteiger partial charge on any atom is 0.312 e. The quantitative estimate of drug-likeness (QED) is 0.737. The van der Waals surface area contributed by atoms with Gasteiger partial charge in [-0.2, -0.15) is 5.26 Å². The summed E-state index contributed by atoms with van der Waals surface area (Å²) in [6.07, 6.45) is -0.211. The van der Waals surface area contributed by atoms with Crippen molar-refractivity contribution in [1.82, 2.24) is 0 Å². The first-order chi connectivity index (χ1) is 13.9. The van der Waals surface area contributed by atoms with Gasteiger partial charge in [0, 0.05) is 18.7 Å². The molecule has 150 valence electrons. The molecule has 1 aliphatic heterocycles. The molecule has 1 saturated heterocycles. The number of nitrogens with zero attached hydrogens (tertiary/aromatic N) is 2. The lowest BCUT2D eigenvalue weighted by Gasteiger charge is -2.20. The monoisotopic (exact) mass is 411 g/mol. The lowest BCUT2D eigenvalue weighted by atomic mass is 10.1. The molecule has 2 aromatic rings. The topological polar surface area (TPSA) is 99.5 Å². The van der Waals surface area contributed by atoms with Crippen molar-refractivity contribution in [2.75, 3.05) is 16.8 Å². The SMILES string of the molecule is CCc1ccccc1N1C[C@H](C(=O)O[C@@H](C)C(=O)Nc2sccc2C#N)CC1=O. The highest BCUT2D eigenvalue weighted by atomic mass is 32.1. The summed E-state index contributed by atoms with van der Waals surface area (Å²) >= 11 is 1.22. The molecule has 8 heteroatoms. The van der Waals surface area contributed by atoms with Crippen LogP contribution in [0.3, 0.4) is 0 Å². The van der Waals surface area contributed by atoms with Crippen LogP contribution < -0.4 is 10.2 Å². The molecule has 29 heavy (non-hydrogen) atoms. The van der Waals surface area contributed by atoms with Gasteiger partial charge in [-0.15, -0.1) is 11.3 Å². The molecule has 2 amide bonds. The molecule has 1 aromatic carbocycles. The largest absolute Gasteiger partial charge is 0.452 e. The maximum atomic E-state index is 12.5. The number of aryl methyl sites for hydroxylation is 1. The van der Waals surface area contributed by atoms with E-state index in [2.05, 4.69) is 5.32 Å². The minimum Gasteiger partial charge on any atom is -0.452 e. The molecule has 1 aromatic heterocycles. The van der Waals surface area contributed by atoms with Crippen LogP contribution >= 0.6 is 11.3 Å². The van der Waals surface area contributed by atoms with Crippen molar-refractivity contribution in [2.24, 2.45) is 5.92 Å². The normalized spacial score (nSPS) is 16.9. The summed E-state index contributed by atoms with van der Waals surface area (Å²) in [6.45, 7) is 3.71. The minimum atomic E-state index is -1.04. The molecule has 0 spiro atoms. The molecule has 2 atom stereocenters. The van der Waals surface area contributed by atoms with Crippen LogP contribution in [0.4, 0.5) is 10.7 Å². The first-order valence-electron chi connectivity index (χ1n) is 9.31. The van der Waals surface area contributed by atoms with Crippen LogP contribution in [0.25, 0.3) is 0 Å². The average molecular weight is 411 g/mol. The molecule has 2 heterocycles. The number of para-hydroxylation sites is 1. The van der Waals surface area contributed by atoms with E-state index in [1.54, 1.807) is 16.3 Å². The fraction of sp³-hybridized carbons (Fsp3) is 0.333. The van der Waals surface area contributed by atoms with E-state index < -0.39 is 23.9 Å². The van der Waals surface area contributed by atoms with Gasteiger partial charge in [-0.25, -0.2) is 0 Å². The number of esters is 1. The molecule has 0 radical (unpaired) electrons. The fourth-order valence-corrected chi connectivity index (χ4v) is 3.94. The molecular formula is C21H21N3O4S. The molecular weight excluding hydrogens is 390 g/mol. The number of thiophene rings is 1. The molecule has 0 unspecified atom stereocenters. The molecule has 7 nitrogen and oxygen atoms in total.